The van der Waals surface area contributed by atoms with E-state index < -0.39 is 5.97 Å². The van der Waals surface area contributed by atoms with Crippen molar-refractivity contribution in [3.05, 3.63) is 47.3 Å². The van der Waals surface area contributed by atoms with Crippen LogP contribution in [0.4, 0.5) is 0 Å². The highest BCUT2D eigenvalue weighted by Crippen LogP contribution is 2.14. The van der Waals surface area contributed by atoms with Crippen molar-refractivity contribution in [3.8, 4) is 0 Å². The Hall–Kier alpha value is -2.27. The first-order chi connectivity index (χ1) is 8.19. The number of furan rings is 2. The smallest absolute Gasteiger partial charge is 0.371 e. The van der Waals surface area contributed by atoms with Gasteiger partial charge in [0.1, 0.15) is 17.3 Å². The number of nitrogens with two attached hydrogens (primary N) is 1. The third-order valence-electron chi connectivity index (χ3n) is 2.13. The van der Waals surface area contributed by atoms with Crippen molar-refractivity contribution in [2.24, 2.45) is 5.73 Å². The van der Waals surface area contributed by atoms with Gasteiger partial charge in [0, 0.05) is 0 Å². The molecule has 2 heterocycles. The van der Waals surface area contributed by atoms with E-state index in [4.69, 9.17) is 19.7 Å². The molecule has 0 bridgehead atoms. The highest BCUT2D eigenvalue weighted by Gasteiger charge is 2.06. The maximum Gasteiger partial charge on any atom is 0.371 e. The third kappa shape index (κ3) is 2.64. The van der Waals surface area contributed by atoms with Gasteiger partial charge in [0.2, 0.25) is 5.76 Å². The number of carboxylic acid groups (broad SMARTS) is 1. The van der Waals surface area contributed by atoms with Gasteiger partial charge in [-0.05, 0) is 36.4 Å². The lowest BCUT2D eigenvalue weighted by Crippen LogP contribution is -1.92. The minimum absolute atomic E-state index is 0.0910. The molecule has 0 radical (unpaired) electrons. The molecule has 17 heavy (non-hydrogen) atoms. The number of carboxylic acids is 1. The molecule has 5 nitrogen and oxygen atoms in total. The maximum atomic E-state index is 10.6. The van der Waals surface area contributed by atoms with Crippen molar-refractivity contribution >= 4 is 18.1 Å². The average molecular weight is 233 g/mol. The summed E-state index contributed by atoms with van der Waals surface area (Å²) in [6.45, 7) is 0.345. The Balaban J connectivity index is 2.11. The molecule has 0 fully saturated rings. The first-order valence-corrected chi connectivity index (χ1v) is 4.99. The Morgan fingerprint density at radius 3 is 2.35 bits per heavy atom. The van der Waals surface area contributed by atoms with Crippen molar-refractivity contribution in [1.29, 1.82) is 0 Å². The van der Waals surface area contributed by atoms with Gasteiger partial charge in [-0.2, -0.15) is 0 Å². The Morgan fingerprint density at radius 2 is 1.82 bits per heavy atom. The quantitative estimate of drug-likeness (QED) is 0.844. The summed E-state index contributed by atoms with van der Waals surface area (Å²) in [5.41, 5.74) is 5.41. The minimum atomic E-state index is -1.09. The lowest BCUT2D eigenvalue weighted by Gasteiger charge is -1.88. The molecule has 0 atom stereocenters. The van der Waals surface area contributed by atoms with Gasteiger partial charge in [0.25, 0.3) is 0 Å². The summed E-state index contributed by atoms with van der Waals surface area (Å²) < 4.78 is 10.4. The van der Waals surface area contributed by atoms with E-state index in [9.17, 15) is 4.79 Å². The van der Waals surface area contributed by atoms with Gasteiger partial charge < -0.3 is 19.7 Å². The Labute approximate surface area is 97.1 Å². The fourth-order valence-electron chi connectivity index (χ4n) is 1.32. The molecule has 0 saturated carbocycles. The van der Waals surface area contributed by atoms with E-state index in [-0.39, 0.29) is 5.76 Å². The summed E-state index contributed by atoms with van der Waals surface area (Å²) in [5, 5.41) is 8.67. The summed E-state index contributed by atoms with van der Waals surface area (Å²) in [7, 11) is 0. The Kier molecular flexibility index (Phi) is 3.11. The largest absolute Gasteiger partial charge is 0.475 e. The van der Waals surface area contributed by atoms with Crippen molar-refractivity contribution in [1.82, 2.24) is 0 Å². The highest BCUT2D eigenvalue weighted by molar-refractivity contribution is 5.84. The predicted molar refractivity (Wildman–Crippen MR) is 61.2 cm³/mol. The van der Waals surface area contributed by atoms with Gasteiger partial charge >= 0.3 is 5.97 Å². The lowest BCUT2D eigenvalue weighted by molar-refractivity contribution is 0.0662. The first-order valence-electron chi connectivity index (χ1n) is 4.99. The van der Waals surface area contributed by atoms with Crippen LogP contribution in [-0.2, 0) is 6.54 Å². The van der Waals surface area contributed by atoms with E-state index in [2.05, 4.69) is 0 Å². The molecular formula is C12H11NO4. The van der Waals surface area contributed by atoms with Gasteiger partial charge in [-0.25, -0.2) is 4.79 Å². The van der Waals surface area contributed by atoms with E-state index in [1.165, 1.54) is 6.07 Å². The Morgan fingerprint density at radius 1 is 1.18 bits per heavy atom. The molecule has 0 saturated heterocycles. The van der Waals surface area contributed by atoms with Crippen LogP contribution in [0.5, 0.6) is 0 Å². The molecule has 0 aliphatic heterocycles. The molecule has 0 aliphatic carbocycles. The highest BCUT2D eigenvalue weighted by atomic mass is 16.4. The van der Waals surface area contributed by atoms with E-state index in [0.29, 0.717) is 23.8 Å². The number of hydrogen-bond donors (Lipinski definition) is 2. The fourth-order valence-corrected chi connectivity index (χ4v) is 1.32. The monoisotopic (exact) mass is 233 g/mol. The molecule has 0 aliphatic rings. The number of aromatic carboxylic acids is 1. The first kappa shape index (κ1) is 11.2. The van der Waals surface area contributed by atoms with Crippen LogP contribution in [0.2, 0.25) is 0 Å². The summed E-state index contributed by atoms with van der Waals surface area (Å²) in [5.74, 6) is 0.599. The van der Waals surface area contributed by atoms with Gasteiger partial charge in [-0.15, -0.1) is 0 Å². The van der Waals surface area contributed by atoms with Crippen molar-refractivity contribution in [2.75, 3.05) is 0 Å². The molecule has 2 aromatic heterocycles. The zero-order chi connectivity index (χ0) is 12.3. The standard InChI is InChI=1S/C12H11NO4/c13-7-10-4-3-8(16-10)1-2-9-5-6-11(17-9)12(14)15/h1-6H,7,13H2,(H,14,15)/b2-1-. The second kappa shape index (κ2) is 4.71. The molecule has 3 N–H and O–H groups in total. The second-order valence-electron chi connectivity index (χ2n) is 3.35. The molecule has 0 amide bonds. The van der Waals surface area contributed by atoms with Crippen molar-refractivity contribution < 1.29 is 18.7 Å². The van der Waals surface area contributed by atoms with E-state index >= 15 is 0 Å². The van der Waals surface area contributed by atoms with Crippen LogP contribution in [0.15, 0.2) is 33.1 Å². The van der Waals surface area contributed by atoms with Crippen LogP contribution in [0.25, 0.3) is 12.2 Å². The topological polar surface area (TPSA) is 89.6 Å². The van der Waals surface area contributed by atoms with E-state index in [1.807, 2.05) is 0 Å². The van der Waals surface area contributed by atoms with Crippen LogP contribution in [0, 0.1) is 0 Å². The fraction of sp³-hybridized carbons (Fsp3) is 0.0833. The molecule has 2 aromatic rings. The zero-order valence-electron chi connectivity index (χ0n) is 8.92. The van der Waals surface area contributed by atoms with E-state index in [0.717, 1.165) is 0 Å². The molecule has 88 valence electrons. The van der Waals surface area contributed by atoms with Crippen LogP contribution in [-0.4, -0.2) is 11.1 Å². The van der Waals surface area contributed by atoms with Gasteiger partial charge in [0.15, 0.2) is 0 Å². The van der Waals surface area contributed by atoms with Crippen LogP contribution in [0.3, 0.4) is 0 Å². The van der Waals surface area contributed by atoms with Crippen molar-refractivity contribution in [3.63, 3.8) is 0 Å². The summed E-state index contributed by atoms with van der Waals surface area (Å²) in [6, 6.07) is 6.53. The van der Waals surface area contributed by atoms with Gasteiger partial charge in [-0.3, -0.25) is 0 Å². The minimum Gasteiger partial charge on any atom is -0.475 e. The Bertz CT molecular complexity index is 550. The van der Waals surface area contributed by atoms with Crippen LogP contribution < -0.4 is 5.73 Å². The lowest BCUT2D eigenvalue weighted by atomic mass is 10.3. The second-order valence-corrected chi connectivity index (χ2v) is 3.35. The third-order valence-corrected chi connectivity index (χ3v) is 2.13. The summed E-state index contributed by atoms with van der Waals surface area (Å²) in [4.78, 5) is 10.6. The normalized spacial score (nSPS) is 11.1. The maximum absolute atomic E-state index is 10.6. The predicted octanol–water partition coefficient (Wildman–Crippen LogP) is 2.20. The molecule has 0 spiro atoms. The molecule has 5 heteroatoms. The van der Waals surface area contributed by atoms with Crippen molar-refractivity contribution in [2.45, 2.75) is 6.54 Å². The number of carbonyl (C=O) groups is 1. The van der Waals surface area contributed by atoms with Gasteiger partial charge in [0.05, 0.1) is 6.54 Å². The van der Waals surface area contributed by atoms with Crippen LogP contribution in [0.1, 0.15) is 27.8 Å². The molecule has 0 unspecified atom stereocenters. The summed E-state index contributed by atoms with van der Waals surface area (Å²) >= 11 is 0. The summed E-state index contributed by atoms with van der Waals surface area (Å²) in [6.07, 6.45) is 3.31. The molecule has 2 rings (SSSR count). The number of hydrogen-bond acceptors (Lipinski definition) is 4. The van der Waals surface area contributed by atoms with E-state index in [1.54, 1.807) is 30.4 Å². The van der Waals surface area contributed by atoms with Crippen LogP contribution >= 0.6 is 0 Å². The zero-order valence-corrected chi connectivity index (χ0v) is 8.92. The molecule has 0 aromatic carbocycles. The SMILES string of the molecule is NCc1ccc(/C=C\c2ccc(C(=O)O)o2)o1. The van der Waals surface area contributed by atoms with Gasteiger partial charge in [-0.1, -0.05) is 0 Å². The number of rotatable bonds is 4. The average Bonchev–Trinajstić information content (AvgIpc) is 2.95. The molecular weight excluding hydrogens is 222 g/mol.